The molecule has 5 heteroatoms. The van der Waals surface area contributed by atoms with Crippen LogP contribution in [0.2, 0.25) is 0 Å². The predicted molar refractivity (Wildman–Crippen MR) is 111 cm³/mol. The second-order valence-corrected chi connectivity index (χ2v) is 7.55. The summed E-state index contributed by atoms with van der Waals surface area (Å²) < 4.78 is 5.57. The maximum absolute atomic E-state index is 10.4. The van der Waals surface area contributed by atoms with Crippen LogP contribution in [0, 0.1) is 0 Å². The predicted octanol–water partition coefficient (Wildman–Crippen LogP) is 3.47. The lowest BCUT2D eigenvalue weighted by Crippen LogP contribution is -2.39. The smallest absolute Gasteiger partial charge is 0.145 e. The van der Waals surface area contributed by atoms with E-state index in [0.717, 1.165) is 24.2 Å². The van der Waals surface area contributed by atoms with Gasteiger partial charge in [-0.25, -0.2) is 0 Å². The van der Waals surface area contributed by atoms with Crippen molar-refractivity contribution in [2.45, 2.75) is 45.1 Å². The molecule has 28 heavy (non-hydrogen) atoms. The van der Waals surface area contributed by atoms with Crippen molar-refractivity contribution in [1.29, 1.82) is 0 Å². The Morgan fingerprint density at radius 1 is 1.11 bits per heavy atom. The molecule has 2 atom stereocenters. The van der Waals surface area contributed by atoms with Gasteiger partial charge in [0.05, 0.1) is 24.5 Å². The van der Waals surface area contributed by atoms with E-state index in [1.165, 1.54) is 5.56 Å². The van der Waals surface area contributed by atoms with Gasteiger partial charge in [-0.2, -0.15) is 0 Å². The SMILES string of the molecule is CC(C)OC[C@@H](O)CN(Cc1ccccc1)C[C@@H]1CC(c2ccccc2)=NO1. The zero-order valence-electron chi connectivity index (χ0n) is 16.7. The molecule has 0 unspecified atom stereocenters. The van der Waals surface area contributed by atoms with Crippen LogP contribution in [0.1, 0.15) is 31.4 Å². The van der Waals surface area contributed by atoms with Crippen LogP contribution in [0.3, 0.4) is 0 Å². The zero-order chi connectivity index (χ0) is 19.8. The minimum atomic E-state index is -0.540. The fraction of sp³-hybridized carbons (Fsp3) is 0.435. The molecule has 1 aliphatic rings. The first-order valence-corrected chi connectivity index (χ1v) is 9.94. The van der Waals surface area contributed by atoms with Crippen molar-refractivity contribution < 1.29 is 14.7 Å². The van der Waals surface area contributed by atoms with Crippen molar-refractivity contribution in [3.63, 3.8) is 0 Å². The van der Waals surface area contributed by atoms with Crippen LogP contribution in [-0.2, 0) is 16.1 Å². The van der Waals surface area contributed by atoms with E-state index in [-0.39, 0.29) is 12.2 Å². The van der Waals surface area contributed by atoms with Gasteiger partial charge in [-0.05, 0) is 25.0 Å². The van der Waals surface area contributed by atoms with Gasteiger partial charge in [-0.15, -0.1) is 0 Å². The lowest BCUT2D eigenvalue weighted by molar-refractivity contribution is -0.0194. The normalized spacial score (nSPS) is 17.6. The molecule has 0 aromatic heterocycles. The fourth-order valence-electron chi connectivity index (χ4n) is 3.31. The van der Waals surface area contributed by atoms with Crippen LogP contribution in [0.5, 0.6) is 0 Å². The molecule has 0 aliphatic carbocycles. The Balaban J connectivity index is 1.59. The molecule has 2 aromatic rings. The molecule has 5 nitrogen and oxygen atoms in total. The van der Waals surface area contributed by atoms with Crippen molar-refractivity contribution >= 4 is 5.71 Å². The van der Waals surface area contributed by atoms with Crippen molar-refractivity contribution in [1.82, 2.24) is 4.90 Å². The van der Waals surface area contributed by atoms with Gasteiger partial charge in [0, 0.05) is 26.1 Å². The summed E-state index contributed by atoms with van der Waals surface area (Å²) in [6.45, 7) is 6.27. The Hall–Kier alpha value is -2.21. The molecule has 0 amide bonds. The summed E-state index contributed by atoms with van der Waals surface area (Å²) in [6.07, 6.45) is 0.324. The molecule has 0 saturated carbocycles. The summed E-state index contributed by atoms with van der Waals surface area (Å²) in [6, 6.07) is 20.4. The van der Waals surface area contributed by atoms with E-state index in [1.54, 1.807) is 0 Å². The monoisotopic (exact) mass is 382 g/mol. The number of benzene rings is 2. The summed E-state index contributed by atoms with van der Waals surface area (Å²) in [5.41, 5.74) is 3.29. The highest BCUT2D eigenvalue weighted by Crippen LogP contribution is 2.18. The molecule has 1 aliphatic heterocycles. The second kappa shape index (κ2) is 10.4. The van der Waals surface area contributed by atoms with Gasteiger partial charge in [0.2, 0.25) is 0 Å². The summed E-state index contributed by atoms with van der Waals surface area (Å²) in [5, 5.41) is 14.7. The summed E-state index contributed by atoms with van der Waals surface area (Å²) in [5.74, 6) is 0. The molecule has 2 aromatic carbocycles. The number of aliphatic hydroxyl groups excluding tert-OH is 1. The average molecular weight is 383 g/mol. The molecule has 0 radical (unpaired) electrons. The molecule has 150 valence electrons. The highest BCUT2D eigenvalue weighted by atomic mass is 16.6. The quantitative estimate of drug-likeness (QED) is 0.684. The van der Waals surface area contributed by atoms with Gasteiger partial charge >= 0.3 is 0 Å². The third-order valence-electron chi connectivity index (χ3n) is 4.64. The van der Waals surface area contributed by atoms with E-state index in [1.807, 2.05) is 50.2 Å². The number of oxime groups is 1. The third kappa shape index (κ3) is 6.44. The molecular formula is C23H30N2O3. The van der Waals surface area contributed by atoms with E-state index >= 15 is 0 Å². The van der Waals surface area contributed by atoms with Gasteiger partial charge in [0.1, 0.15) is 6.10 Å². The van der Waals surface area contributed by atoms with Crippen molar-refractivity contribution in [2.24, 2.45) is 5.16 Å². The topological polar surface area (TPSA) is 54.3 Å². The molecule has 1 N–H and O–H groups in total. The Kier molecular flexibility index (Phi) is 7.60. The minimum Gasteiger partial charge on any atom is -0.390 e. The van der Waals surface area contributed by atoms with Crippen LogP contribution < -0.4 is 0 Å². The van der Waals surface area contributed by atoms with Gasteiger partial charge in [0.25, 0.3) is 0 Å². The van der Waals surface area contributed by atoms with Crippen LogP contribution in [0.4, 0.5) is 0 Å². The van der Waals surface area contributed by atoms with Gasteiger partial charge in [-0.3, -0.25) is 4.90 Å². The molecule has 0 bridgehead atoms. The van der Waals surface area contributed by atoms with E-state index in [2.05, 4.69) is 34.3 Å². The fourth-order valence-corrected chi connectivity index (χ4v) is 3.31. The molecule has 0 spiro atoms. The number of hydrogen-bond donors (Lipinski definition) is 1. The summed E-state index contributed by atoms with van der Waals surface area (Å²) in [7, 11) is 0. The number of nitrogens with zero attached hydrogens (tertiary/aromatic N) is 2. The summed E-state index contributed by atoms with van der Waals surface area (Å²) in [4.78, 5) is 7.92. The van der Waals surface area contributed by atoms with E-state index in [4.69, 9.17) is 9.57 Å². The average Bonchev–Trinajstić information content (AvgIpc) is 3.16. The highest BCUT2D eigenvalue weighted by Gasteiger charge is 2.25. The number of aliphatic hydroxyl groups is 1. The summed E-state index contributed by atoms with van der Waals surface area (Å²) >= 11 is 0. The molecular weight excluding hydrogens is 352 g/mol. The van der Waals surface area contributed by atoms with E-state index < -0.39 is 6.10 Å². The minimum absolute atomic E-state index is 0.0165. The van der Waals surface area contributed by atoms with Crippen LogP contribution in [0.25, 0.3) is 0 Å². The van der Waals surface area contributed by atoms with Crippen LogP contribution in [-0.4, -0.2) is 53.7 Å². The van der Waals surface area contributed by atoms with Crippen LogP contribution in [0.15, 0.2) is 65.8 Å². The lowest BCUT2D eigenvalue weighted by atomic mass is 10.0. The zero-order valence-corrected chi connectivity index (χ0v) is 16.7. The van der Waals surface area contributed by atoms with Crippen molar-refractivity contribution in [3.8, 4) is 0 Å². The number of hydrogen-bond acceptors (Lipinski definition) is 5. The largest absolute Gasteiger partial charge is 0.390 e. The molecule has 3 rings (SSSR count). The molecule has 1 heterocycles. The Bertz CT molecular complexity index is 734. The van der Waals surface area contributed by atoms with E-state index in [9.17, 15) is 5.11 Å². The number of ether oxygens (including phenoxy) is 1. The maximum Gasteiger partial charge on any atom is 0.145 e. The Morgan fingerprint density at radius 2 is 1.79 bits per heavy atom. The molecule has 0 saturated heterocycles. The van der Waals surface area contributed by atoms with E-state index in [0.29, 0.717) is 19.7 Å². The number of rotatable bonds is 10. The lowest BCUT2D eigenvalue weighted by Gasteiger charge is -2.27. The standard InChI is InChI=1S/C23H30N2O3/c1-18(2)27-17-21(26)15-25(14-19-9-5-3-6-10-19)16-22-13-23(24-28-22)20-11-7-4-8-12-20/h3-12,18,21-22,26H,13-17H2,1-2H3/t21-,22-/m0/s1. The Labute approximate surface area is 167 Å². The maximum atomic E-state index is 10.4. The highest BCUT2D eigenvalue weighted by molar-refractivity contribution is 6.01. The van der Waals surface area contributed by atoms with Gasteiger partial charge < -0.3 is 14.7 Å². The first kappa shape index (κ1) is 20.5. The molecule has 0 fully saturated rings. The third-order valence-corrected chi connectivity index (χ3v) is 4.64. The second-order valence-electron chi connectivity index (χ2n) is 7.55. The first-order valence-electron chi connectivity index (χ1n) is 9.94. The van der Waals surface area contributed by atoms with Gasteiger partial charge in [0.15, 0.2) is 0 Å². The van der Waals surface area contributed by atoms with Gasteiger partial charge in [-0.1, -0.05) is 65.8 Å². The van der Waals surface area contributed by atoms with Crippen LogP contribution >= 0.6 is 0 Å². The van der Waals surface area contributed by atoms with Crippen molar-refractivity contribution in [2.75, 3.05) is 19.7 Å². The first-order chi connectivity index (χ1) is 13.6. The Morgan fingerprint density at radius 3 is 2.46 bits per heavy atom. The van der Waals surface area contributed by atoms with Crippen molar-refractivity contribution in [3.05, 3.63) is 71.8 Å².